The maximum absolute atomic E-state index is 5.39. The summed E-state index contributed by atoms with van der Waals surface area (Å²) in [4.78, 5) is 0. The Kier molecular flexibility index (Phi) is 3.25. The number of hydrogen-bond donors (Lipinski definition) is 1. The molecule has 0 amide bonds. The summed E-state index contributed by atoms with van der Waals surface area (Å²) in [6.07, 6.45) is 8.62. The fraction of sp³-hybridized carbons (Fsp3) is 0.667. The van der Waals surface area contributed by atoms with E-state index in [-0.39, 0.29) is 0 Å². The standard InChI is InChI=1S/C12H19NO/c1-10-7-8-14-12(10)9-13-11-5-3-2-4-6-11/h7-8,11,13H,2-6,9H2,1H3. The highest BCUT2D eigenvalue weighted by Crippen LogP contribution is 2.18. The summed E-state index contributed by atoms with van der Waals surface area (Å²) in [6.45, 7) is 2.99. The first-order valence-electron chi connectivity index (χ1n) is 5.62. The molecule has 1 aliphatic carbocycles. The quantitative estimate of drug-likeness (QED) is 0.798. The molecule has 1 saturated carbocycles. The second kappa shape index (κ2) is 4.65. The number of aryl methyl sites for hydroxylation is 1. The van der Waals surface area contributed by atoms with Crippen molar-refractivity contribution in [2.75, 3.05) is 0 Å². The Balaban J connectivity index is 1.79. The van der Waals surface area contributed by atoms with Gasteiger partial charge in [-0.25, -0.2) is 0 Å². The van der Waals surface area contributed by atoms with Crippen LogP contribution in [0.4, 0.5) is 0 Å². The van der Waals surface area contributed by atoms with E-state index >= 15 is 0 Å². The number of rotatable bonds is 3. The van der Waals surface area contributed by atoms with Crippen LogP contribution in [0.1, 0.15) is 43.4 Å². The zero-order valence-electron chi connectivity index (χ0n) is 8.88. The van der Waals surface area contributed by atoms with Gasteiger partial charge in [-0.3, -0.25) is 0 Å². The molecule has 1 fully saturated rings. The SMILES string of the molecule is Cc1ccoc1CNC1CCCCC1. The maximum Gasteiger partial charge on any atom is 0.120 e. The van der Waals surface area contributed by atoms with Crippen molar-refractivity contribution >= 4 is 0 Å². The predicted octanol–water partition coefficient (Wildman–Crippen LogP) is 3.01. The van der Waals surface area contributed by atoms with E-state index in [2.05, 4.69) is 12.2 Å². The van der Waals surface area contributed by atoms with Crippen LogP contribution in [0, 0.1) is 6.92 Å². The van der Waals surface area contributed by atoms with Gasteiger partial charge in [0.1, 0.15) is 5.76 Å². The van der Waals surface area contributed by atoms with Gasteiger partial charge < -0.3 is 9.73 Å². The molecule has 0 saturated heterocycles. The highest BCUT2D eigenvalue weighted by Gasteiger charge is 2.13. The largest absolute Gasteiger partial charge is 0.468 e. The molecule has 2 rings (SSSR count). The van der Waals surface area contributed by atoms with E-state index in [9.17, 15) is 0 Å². The van der Waals surface area contributed by atoms with Gasteiger partial charge >= 0.3 is 0 Å². The van der Waals surface area contributed by atoms with E-state index in [1.807, 2.05) is 6.07 Å². The van der Waals surface area contributed by atoms with E-state index in [1.165, 1.54) is 37.7 Å². The monoisotopic (exact) mass is 193 g/mol. The van der Waals surface area contributed by atoms with E-state index in [1.54, 1.807) is 6.26 Å². The topological polar surface area (TPSA) is 25.2 Å². The summed E-state index contributed by atoms with van der Waals surface area (Å²) < 4.78 is 5.39. The lowest BCUT2D eigenvalue weighted by atomic mass is 9.95. The third-order valence-electron chi connectivity index (χ3n) is 3.12. The zero-order chi connectivity index (χ0) is 9.80. The normalized spacial score (nSPS) is 18.6. The second-order valence-electron chi connectivity index (χ2n) is 4.24. The van der Waals surface area contributed by atoms with Crippen molar-refractivity contribution in [3.63, 3.8) is 0 Å². The maximum atomic E-state index is 5.39. The fourth-order valence-electron chi connectivity index (χ4n) is 2.13. The van der Waals surface area contributed by atoms with Crippen molar-refractivity contribution in [2.45, 2.75) is 51.6 Å². The van der Waals surface area contributed by atoms with Crippen LogP contribution < -0.4 is 5.32 Å². The van der Waals surface area contributed by atoms with Gasteiger partial charge in [0.05, 0.1) is 12.8 Å². The van der Waals surface area contributed by atoms with Crippen LogP contribution in [0.25, 0.3) is 0 Å². The van der Waals surface area contributed by atoms with Gasteiger partial charge in [-0.2, -0.15) is 0 Å². The van der Waals surface area contributed by atoms with Gasteiger partial charge in [-0.05, 0) is 31.4 Å². The van der Waals surface area contributed by atoms with Crippen LogP contribution in [0.15, 0.2) is 16.7 Å². The summed E-state index contributed by atoms with van der Waals surface area (Å²) in [5.74, 6) is 1.09. The molecule has 1 aliphatic rings. The Labute approximate surface area is 85.7 Å². The van der Waals surface area contributed by atoms with Crippen LogP contribution in [0.2, 0.25) is 0 Å². The van der Waals surface area contributed by atoms with Crippen molar-refractivity contribution in [1.82, 2.24) is 5.32 Å². The minimum absolute atomic E-state index is 0.716. The van der Waals surface area contributed by atoms with Gasteiger partial charge in [-0.1, -0.05) is 19.3 Å². The molecule has 2 heteroatoms. The molecule has 1 heterocycles. The molecule has 78 valence electrons. The van der Waals surface area contributed by atoms with Crippen molar-refractivity contribution in [3.05, 3.63) is 23.7 Å². The molecule has 1 aromatic heterocycles. The molecule has 1 N–H and O–H groups in total. The van der Waals surface area contributed by atoms with E-state index in [0.29, 0.717) is 6.04 Å². The summed E-state index contributed by atoms with van der Waals surface area (Å²) in [7, 11) is 0. The van der Waals surface area contributed by atoms with Crippen LogP contribution in [-0.4, -0.2) is 6.04 Å². The van der Waals surface area contributed by atoms with Crippen molar-refractivity contribution in [3.8, 4) is 0 Å². The first kappa shape index (κ1) is 9.78. The molecule has 0 radical (unpaired) electrons. The summed E-state index contributed by atoms with van der Waals surface area (Å²) in [5, 5.41) is 3.57. The first-order chi connectivity index (χ1) is 6.86. The van der Waals surface area contributed by atoms with Gasteiger partial charge in [-0.15, -0.1) is 0 Å². The third-order valence-corrected chi connectivity index (χ3v) is 3.12. The number of nitrogens with one attached hydrogen (secondary N) is 1. The fourth-order valence-corrected chi connectivity index (χ4v) is 2.13. The van der Waals surface area contributed by atoms with E-state index in [0.717, 1.165) is 12.3 Å². The molecule has 0 aromatic carbocycles. The molecule has 14 heavy (non-hydrogen) atoms. The molecule has 0 bridgehead atoms. The van der Waals surface area contributed by atoms with Gasteiger partial charge in [0.15, 0.2) is 0 Å². The van der Waals surface area contributed by atoms with Crippen LogP contribution in [0.5, 0.6) is 0 Å². The Morgan fingerprint density at radius 3 is 2.79 bits per heavy atom. The van der Waals surface area contributed by atoms with Crippen LogP contribution in [-0.2, 0) is 6.54 Å². The summed E-state index contributed by atoms with van der Waals surface area (Å²) in [6, 6.07) is 2.74. The van der Waals surface area contributed by atoms with Crippen molar-refractivity contribution in [1.29, 1.82) is 0 Å². The van der Waals surface area contributed by atoms with Crippen molar-refractivity contribution < 1.29 is 4.42 Å². The van der Waals surface area contributed by atoms with E-state index in [4.69, 9.17) is 4.42 Å². The molecule has 1 aromatic rings. The summed E-state index contributed by atoms with van der Waals surface area (Å²) >= 11 is 0. The van der Waals surface area contributed by atoms with Crippen LogP contribution >= 0.6 is 0 Å². The molecule has 2 nitrogen and oxygen atoms in total. The van der Waals surface area contributed by atoms with Crippen LogP contribution in [0.3, 0.4) is 0 Å². The lowest BCUT2D eigenvalue weighted by Crippen LogP contribution is -2.30. The number of furan rings is 1. The highest BCUT2D eigenvalue weighted by atomic mass is 16.3. The lowest BCUT2D eigenvalue weighted by molar-refractivity contribution is 0.356. The van der Waals surface area contributed by atoms with Gasteiger partial charge in [0, 0.05) is 6.04 Å². The predicted molar refractivity (Wildman–Crippen MR) is 57.2 cm³/mol. The zero-order valence-corrected chi connectivity index (χ0v) is 8.88. The Hall–Kier alpha value is -0.760. The highest BCUT2D eigenvalue weighted by molar-refractivity contribution is 5.14. The van der Waals surface area contributed by atoms with E-state index < -0.39 is 0 Å². The third kappa shape index (κ3) is 2.38. The van der Waals surface area contributed by atoms with Crippen molar-refractivity contribution in [2.24, 2.45) is 0 Å². The molecule has 0 atom stereocenters. The average molecular weight is 193 g/mol. The van der Waals surface area contributed by atoms with Gasteiger partial charge in [0.25, 0.3) is 0 Å². The second-order valence-corrected chi connectivity index (χ2v) is 4.24. The molecular formula is C12H19NO. The minimum Gasteiger partial charge on any atom is -0.468 e. The first-order valence-corrected chi connectivity index (χ1v) is 5.62. The molecule has 0 unspecified atom stereocenters. The number of hydrogen-bond acceptors (Lipinski definition) is 2. The minimum atomic E-state index is 0.716. The Morgan fingerprint density at radius 2 is 2.14 bits per heavy atom. The van der Waals surface area contributed by atoms with Gasteiger partial charge in [0.2, 0.25) is 0 Å². The smallest absolute Gasteiger partial charge is 0.120 e. The molecule has 0 aliphatic heterocycles. The Bertz CT molecular complexity index is 274. The molecular weight excluding hydrogens is 174 g/mol. The molecule has 0 spiro atoms. The summed E-state index contributed by atoms with van der Waals surface area (Å²) in [5.41, 5.74) is 1.26. The Morgan fingerprint density at radius 1 is 1.36 bits per heavy atom. The average Bonchev–Trinajstić information content (AvgIpc) is 2.63. The lowest BCUT2D eigenvalue weighted by Gasteiger charge is -2.22.